The number of hydrogen-bond acceptors (Lipinski definition) is 7. The zero-order valence-electron chi connectivity index (χ0n) is 15.6. The Hall–Kier alpha value is -3.07. The fraction of sp³-hybridized carbons (Fsp3) is 0.389. The average Bonchev–Trinajstić information content (AvgIpc) is 2.63. The van der Waals surface area contributed by atoms with Crippen molar-refractivity contribution in [1.29, 1.82) is 0 Å². The summed E-state index contributed by atoms with van der Waals surface area (Å²) < 4.78 is 0. The second-order valence-electron chi connectivity index (χ2n) is 6.67. The summed E-state index contributed by atoms with van der Waals surface area (Å²) in [6.45, 7) is 7.09. The number of piperazine rings is 1. The summed E-state index contributed by atoms with van der Waals surface area (Å²) >= 11 is 0. The van der Waals surface area contributed by atoms with Crippen molar-refractivity contribution >= 4 is 23.2 Å². The highest BCUT2D eigenvalue weighted by molar-refractivity contribution is 6.05. The van der Waals surface area contributed by atoms with E-state index in [1.807, 2.05) is 0 Å². The molecule has 1 aliphatic heterocycles. The second kappa shape index (κ2) is 7.67. The number of benzene rings is 1. The van der Waals surface area contributed by atoms with E-state index in [0.29, 0.717) is 28.5 Å². The predicted octanol–water partition coefficient (Wildman–Crippen LogP) is 2.01. The van der Waals surface area contributed by atoms with Crippen LogP contribution in [0.4, 0.5) is 17.3 Å². The van der Waals surface area contributed by atoms with Crippen molar-refractivity contribution in [3.63, 3.8) is 0 Å². The van der Waals surface area contributed by atoms with Crippen LogP contribution in [-0.4, -0.2) is 58.9 Å². The molecule has 0 saturated carbocycles. The topological polar surface area (TPSA) is 104 Å². The minimum atomic E-state index is -0.465. The molecule has 1 aromatic carbocycles. The lowest BCUT2D eigenvalue weighted by molar-refractivity contribution is -0.384. The standard InChI is InChI=1S/C18H22N6O3/c1-12-10-14(24(26)27)4-5-16(12)21-17(25)15-11-19-18(20-13(15)2)23-8-6-22(3)7-9-23/h4-5,10-11H,6-9H2,1-3H3,(H,21,25). The number of non-ortho nitro benzene ring substituents is 1. The highest BCUT2D eigenvalue weighted by Gasteiger charge is 2.19. The first-order chi connectivity index (χ1) is 12.8. The molecule has 1 fully saturated rings. The number of carbonyl (C=O) groups is 1. The van der Waals surface area contributed by atoms with Gasteiger partial charge in [-0.25, -0.2) is 9.97 Å². The van der Waals surface area contributed by atoms with E-state index in [1.54, 1.807) is 13.8 Å². The van der Waals surface area contributed by atoms with Crippen LogP contribution in [0, 0.1) is 24.0 Å². The number of nitrogens with one attached hydrogen (secondary N) is 1. The van der Waals surface area contributed by atoms with E-state index < -0.39 is 4.92 Å². The molecule has 142 valence electrons. The maximum absolute atomic E-state index is 12.6. The van der Waals surface area contributed by atoms with Crippen LogP contribution in [0.1, 0.15) is 21.6 Å². The van der Waals surface area contributed by atoms with Gasteiger partial charge in [0.1, 0.15) is 0 Å². The number of likely N-dealkylation sites (N-methyl/N-ethyl adjacent to an activating group) is 1. The number of nitro benzene ring substituents is 1. The summed E-state index contributed by atoms with van der Waals surface area (Å²) in [6, 6.07) is 4.32. The smallest absolute Gasteiger partial charge is 0.269 e. The quantitative estimate of drug-likeness (QED) is 0.648. The van der Waals surface area contributed by atoms with Crippen LogP contribution in [0.25, 0.3) is 0 Å². The number of amides is 1. The highest BCUT2D eigenvalue weighted by atomic mass is 16.6. The third-order valence-corrected chi connectivity index (χ3v) is 4.67. The SMILES string of the molecule is Cc1cc([N+](=O)[O-])ccc1NC(=O)c1cnc(N2CCN(C)CC2)nc1C. The number of nitrogens with zero attached hydrogens (tertiary/aromatic N) is 5. The molecule has 1 aromatic heterocycles. The normalized spacial score (nSPS) is 14.9. The van der Waals surface area contributed by atoms with E-state index in [-0.39, 0.29) is 11.6 Å². The monoisotopic (exact) mass is 370 g/mol. The van der Waals surface area contributed by atoms with E-state index in [0.717, 1.165) is 26.2 Å². The second-order valence-corrected chi connectivity index (χ2v) is 6.67. The molecule has 0 radical (unpaired) electrons. The highest BCUT2D eigenvalue weighted by Crippen LogP contribution is 2.22. The molecule has 1 N–H and O–H groups in total. The van der Waals surface area contributed by atoms with Crippen LogP contribution < -0.4 is 10.2 Å². The molecule has 9 nitrogen and oxygen atoms in total. The van der Waals surface area contributed by atoms with Crippen LogP contribution in [-0.2, 0) is 0 Å². The van der Waals surface area contributed by atoms with Gasteiger partial charge in [-0.3, -0.25) is 14.9 Å². The Labute approximate surface area is 157 Å². The number of nitro groups is 1. The Kier molecular flexibility index (Phi) is 5.31. The van der Waals surface area contributed by atoms with Gasteiger partial charge in [0.15, 0.2) is 0 Å². The van der Waals surface area contributed by atoms with Crippen molar-refractivity contribution in [2.45, 2.75) is 13.8 Å². The lowest BCUT2D eigenvalue weighted by atomic mass is 10.1. The fourth-order valence-corrected chi connectivity index (χ4v) is 2.93. The Morgan fingerprint density at radius 3 is 2.52 bits per heavy atom. The summed E-state index contributed by atoms with van der Waals surface area (Å²) in [5.74, 6) is 0.290. The maximum Gasteiger partial charge on any atom is 0.269 e. The summed E-state index contributed by atoms with van der Waals surface area (Å²) in [7, 11) is 2.08. The van der Waals surface area contributed by atoms with Gasteiger partial charge in [-0.05, 0) is 32.5 Å². The number of carbonyl (C=O) groups excluding carboxylic acids is 1. The van der Waals surface area contributed by atoms with Gasteiger partial charge in [0.2, 0.25) is 5.95 Å². The molecule has 1 aliphatic rings. The van der Waals surface area contributed by atoms with E-state index in [9.17, 15) is 14.9 Å². The number of anilines is 2. The van der Waals surface area contributed by atoms with Gasteiger partial charge >= 0.3 is 0 Å². The van der Waals surface area contributed by atoms with Gasteiger partial charge in [0, 0.05) is 50.2 Å². The molecule has 0 unspecified atom stereocenters. The third-order valence-electron chi connectivity index (χ3n) is 4.67. The minimum Gasteiger partial charge on any atom is -0.338 e. The van der Waals surface area contributed by atoms with E-state index in [4.69, 9.17) is 0 Å². The van der Waals surface area contributed by atoms with Crippen LogP contribution in [0.2, 0.25) is 0 Å². The average molecular weight is 370 g/mol. The molecular formula is C18H22N6O3. The third kappa shape index (κ3) is 4.20. The fourth-order valence-electron chi connectivity index (χ4n) is 2.93. The molecule has 9 heteroatoms. The van der Waals surface area contributed by atoms with E-state index in [2.05, 4.69) is 32.1 Å². The lowest BCUT2D eigenvalue weighted by Crippen LogP contribution is -2.45. The van der Waals surface area contributed by atoms with Crippen molar-refractivity contribution < 1.29 is 9.72 Å². The Bertz CT molecular complexity index is 877. The Morgan fingerprint density at radius 2 is 1.93 bits per heavy atom. The summed E-state index contributed by atoms with van der Waals surface area (Å²) in [5.41, 5.74) is 2.10. The van der Waals surface area contributed by atoms with Gasteiger partial charge in [0.05, 0.1) is 16.2 Å². The number of rotatable bonds is 4. The molecule has 1 amide bonds. The number of aromatic nitrogens is 2. The molecule has 2 heterocycles. The number of aryl methyl sites for hydroxylation is 2. The molecule has 3 rings (SSSR count). The number of hydrogen-bond donors (Lipinski definition) is 1. The first-order valence-electron chi connectivity index (χ1n) is 8.68. The molecule has 2 aromatic rings. The van der Waals surface area contributed by atoms with E-state index >= 15 is 0 Å². The summed E-state index contributed by atoms with van der Waals surface area (Å²) in [5, 5.41) is 13.6. The first kappa shape index (κ1) is 18.7. The Morgan fingerprint density at radius 1 is 1.22 bits per heavy atom. The van der Waals surface area contributed by atoms with Gasteiger partial charge < -0.3 is 15.1 Å². The zero-order valence-corrected chi connectivity index (χ0v) is 15.6. The molecule has 0 spiro atoms. The van der Waals surface area contributed by atoms with Crippen LogP contribution in [0.5, 0.6) is 0 Å². The van der Waals surface area contributed by atoms with Gasteiger partial charge in [-0.2, -0.15) is 0 Å². The predicted molar refractivity (Wildman–Crippen MR) is 102 cm³/mol. The van der Waals surface area contributed by atoms with Gasteiger partial charge in [-0.15, -0.1) is 0 Å². The zero-order chi connectivity index (χ0) is 19.6. The van der Waals surface area contributed by atoms with Crippen molar-refractivity contribution in [3.8, 4) is 0 Å². The molecule has 0 aliphatic carbocycles. The van der Waals surface area contributed by atoms with Crippen molar-refractivity contribution in [2.75, 3.05) is 43.4 Å². The molecule has 27 heavy (non-hydrogen) atoms. The van der Waals surface area contributed by atoms with Crippen LogP contribution in [0.3, 0.4) is 0 Å². The molecule has 1 saturated heterocycles. The summed E-state index contributed by atoms with van der Waals surface area (Å²) in [4.78, 5) is 36.2. The van der Waals surface area contributed by atoms with Crippen molar-refractivity contribution in [1.82, 2.24) is 14.9 Å². The molecule has 0 bridgehead atoms. The first-order valence-corrected chi connectivity index (χ1v) is 8.68. The molecular weight excluding hydrogens is 348 g/mol. The maximum atomic E-state index is 12.6. The van der Waals surface area contributed by atoms with Gasteiger partial charge in [0.25, 0.3) is 11.6 Å². The van der Waals surface area contributed by atoms with Crippen LogP contribution >= 0.6 is 0 Å². The minimum absolute atomic E-state index is 0.0125. The largest absolute Gasteiger partial charge is 0.338 e. The van der Waals surface area contributed by atoms with Gasteiger partial charge in [-0.1, -0.05) is 0 Å². The summed E-state index contributed by atoms with van der Waals surface area (Å²) in [6.07, 6.45) is 1.53. The van der Waals surface area contributed by atoms with E-state index in [1.165, 1.54) is 24.4 Å². The molecule has 0 atom stereocenters. The lowest BCUT2D eigenvalue weighted by Gasteiger charge is -2.32. The van der Waals surface area contributed by atoms with Crippen molar-refractivity contribution in [2.24, 2.45) is 0 Å². The van der Waals surface area contributed by atoms with Crippen molar-refractivity contribution in [3.05, 3.63) is 51.3 Å². The van der Waals surface area contributed by atoms with Crippen LogP contribution in [0.15, 0.2) is 24.4 Å². The Balaban J connectivity index is 1.74.